The van der Waals surface area contributed by atoms with Gasteiger partial charge in [0.15, 0.2) is 9.84 Å². The summed E-state index contributed by atoms with van der Waals surface area (Å²) in [7, 11) is -3.30. The van der Waals surface area contributed by atoms with Crippen molar-refractivity contribution in [1.82, 2.24) is 0 Å². The zero-order valence-electron chi connectivity index (χ0n) is 12.3. The van der Waals surface area contributed by atoms with E-state index >= 15 is 0 Å². The molecule has 24 heavy (non-hydrogen) atoms. The van der Waals surface area contributed by atoms with Gasteiger partial charge >= 0.3 is 0 Å². The number of halogens is 2. The van der Waals surface area contributed by atoms with Gasteiger partial charge in [0.05, 0.1) is 9.92 Å². The van der Waals surface area contributed by atoms with Gasteiger partial charge in [-0.05, 0) is 42.5 Å². The van der Waals surface area contributed by atoms with Gasteiger partial charge in [0.25, 0.3) is 5.91 Å². The largest absolute Gasteiger partial charge is 0.321 e. The number of carbonyl (C=O) groups excluding carboxylic acids is 1. The van der Waals surface area contributed by atoms with Crippen LogP contribution in [0.2, 0.25) is 5.02 Å². The first kappa shape index (κ1) is 16.9. The smallest absolute Gasteiger partial charge is 0.267 e. The summed E-state index contributed by atoms with van der Waals surface area (Å²) < 4.78 is 36.7. The Morgan fingerprint density at radius 2 is 1.83 bits per heavy atom. The van der Waals surface area contributed by atoms with Crippen molar-refractivity contribution < 1.29 is 17.6 Å². The summed E-state index contributed by atoms with van der Waals surface area (Å²) in [5.74, 6) is -0.836. The van der Waals surface area contributed by atoms with Crippen molar-refractivity contribution >= 4 is 54.5 Å². The van der Waals surface area contributed by atoms with Gasteiger partial charge in [-0.1, -0.05) is 11.6 Å². The lowest BCUT2D eigenvalue weighted by Gasteiger charge is -2.05. The normalized spacial score (nSPS) is 11.6. The van der Waals surface area contributed by atoms with Crippen LogP contribution in [0.15, 0.2) is 47.4 Å². The quantitative estimate of drug-likeness (QED) is 0.731. The molecular weight excluding hydrogens is 373 g/mol. The SMILES string of the molecule is CS(=O)(=O)c1ccc(NC(=O)c2sc3cc(F)ccc3c2Cl)cc1. The maximum absolute atomic E-state index is 13.3. The van der Waals surface area contributed by atoms with Crippen LogP contribution in [-0.4, -0.2) is 20.6 Å². The molecule has 0 fully saturated rings. The molecule has 3 aromatic rings. The van der Waals surface area contributed by atoms with Crippen molar-refractivity contribution in [3.63, 3.8) is 0 Å². The van der Waals surface area contributed by atoms with Gasteiger partial charge in [-0.3, -0.25) is 4.79 Å². The topological polar surface area (TPSA) is 63.2 Å². The van der Waals surface area contributed by atoms with Crippen LogP contribution in [0.5, 0.6) is 0 Å². The Hall–Kier alpha value is -1.96. The molecule has 1 heterocycles. The molecule has 1 aromatic heterocycles. The fourth-order valence-electron chi connectivity index (χ4n) is 2.16. The molecule has 8 heteroatoms. The van der Waals surface area contributed by atoms with Crippen LogP contribution >= 0.6 is 22.9 Å². The minimum absolute atomic E-state index is 0.163. The summed E-state index contributed by atoms with van der Waals surface area (Å²) in [6, 6.07) is 9.95. The first-order chi connectivity index (χ1) is 11.3. The van der Waals surface area contributed by atoms with Crippen LogP contribution in [0, 0.1) is 5.82 Å². The maximum atomic E-state index is 13.3. The summed E-state index contributed by atoms with van der Waals surface area (Å²) >= 11 is 7.30. The van der Waals surface area contributed by atoms with Crippen molar-refractivity contribution in [1.29, 1.82) is 0 Å². The molecule has 0 spiro atoms. The Balaban J connectivity index is 1.89. The zero-order valence-corrected chi connectivity index (χ0v) is 14.7. The van der Waals surface area contributed by atoms with E-state index in [2.05, 4.69) is 5.32 Å². The number of sulfone groups is 1. The molecule has 2 aromatic carbocycles. The third-order valence-electron chi connectivity index (χ3n) is 3.34. The number of fused-ring (bicyclic) bond motifs is 1. The molecule has 0 saturated carbocycles. The lowest BCUT2D eigenvalue weighted by Crippen LogP contribution is -2.10. The van der Waals surface area contributed by atoms with Gasteiger partial charge in [0.2, 0.25) is 0 Å². The van der Waals surface area contributed by atoms with Gasteiger partial charge in [-0.2, -0.15) is 0 Å². The van der Waals surface area contributed by atoms with E-state index in [1.54, 1.807) is 0 Å². The van der Waals surface area contributed by atoms with E-state index in [0.717, 1.165) is 17.6 Å². The molecule has 3 rings (SSSR count). The number of carbonyl (C=O) groups is 1. The Morgan fingerprint density at radius 1 is 1.17 bits per heavy atom. The number of benzene rings is 2. The van der Waals surface area contributed by atoms with Crippen molar-refractivity contribution in [3.8, 4) is 0 Å². The van der Waals surface area contributed by atoms with Crippen molar-refractivity contribution in [2.75, 3.05) is 11.6 Å². The minimum Gasteiger partial charge on any atom is -0.321 e. The van der Waals surface area contributed by atoms with Crippen LogP contribution in [0.1, 0.15) is 9.67 Å². The fourth-order valence-corrected chi connectivity index (χ4v) is 4.23. The third kappa shape index (κ3) is 3.28. The maximum Gasteiger partial charge on any atom is 0.267 e. The third-order valence-corrected chi connectivity index (χ3v) is 6.12. The predicted molar refractivity (Wildman–Crippen MR) is 94.3 cm³/mol. The molecule has 0 saturated heterocycles. The monoisotopic (exact) mass is 383 g/mol. The molecule has 1 N–H and O–H groups in total. The molecule has 0 aliphatic rings. The van der Waals surface area contributed by atoms with Crippen LogP contribution in [-0.2, 0) is 9.84 Å². The van der Waals surface area contributed by atoms with Gasteiger partial charge < -0.3 is 5.32 Å². The summed E-state index contributed by atoms with van der Waals surface area (Å²) in [6.07, 6.45) is 1.11. The van der Waals surface area contributed by atoms with Crippen molar-refractivity contribution in [3.05, 3.63) is 58.2 Å². The highest BCUT2D eigenvalue weighted by Gasteiger charge is 2.18. The molecule has 0 aliphatic carbocycles. The van der Waals surface area contributed by atoms with Gasteiger partial charge in [0, 0.05) is 22.0 Å². The lowest BCUT2D eigenvalue weighted by atomic mass is 10.2. The molecule has 0 atom stereocenters. The summed E-state index contributed by atoms with van der Waals surface area (Å²) in [6.45, 7) is 0. The first-order valence-electron chi connectivity index (χ1n) is 6.75. The Bertz CT molecular complexity index is 1040. The minimum atomic E-state index is -3.30. The van der Waals surface area contributed by atoms with Crippen LogP contribution < -0.4 is 5.32 Å². The van der Waals surface area contributed by atoms with E-state index in [1.807, 2.05) is 0 Å². The van der Waals surface area contributed by atoms with Gasteiger partial charge in [-0.25, -0.2) is 12.8 Å². The van der Waals surface area contributed by atoms with Crippen molar-refractivity contribution in [2.24, 2.45) is 0 Å². The number of rotatable bonds is 3. The predicted octanol–water partition coefficient (Wildman–Crippen LogP) is 4.35. The van der Waals surface area contributed by atoms with E-state index in [0.29, 0.717) is 15.8 Å². The number of anilines is 1. The average molecular weight is 384 g/mol. The van der Waals surface area contributed by atoms with E-state index in [1.165, 1.54) is 42.5 Å². The number of nitrogens with one attached hydrogen (secondary N) is 1. The highest BCUT2D eigenvalue weighted by molar-refractivity contribution is 7.90. The number of hydrogen-bond donors (Lipinski definition) is 1. The number of thiophene rings is 1. The van der Waals surface area contributed by atoms with E-state index in [-0.39, 0.29) is 14.8 Å². The zero-order chi connectivity index (χ0) is 17.5. The molecule has 0 aliphatic heterocycles. The van der Waals surface area contributed by atoms with Crippen LogP contribution in [0.3, 0.4) is 0 Å². The fraction of sp³-hybridized carbons (Fsp3) is 0.0625. The molecule has 4 nitrogen and oxygen atoms in total. The molecular formula is C16H11ClFNO3S2. The second kappa shape index (κ2) is 6.16. The van der Waals surface area contributed by atoms with Crippen LogP contribution in [0.4, 0.5) is 10.1 Å². The lowest BCUT2D eigenvalue weighted by molar-refractivity contribution is 0.103. The van der Waals surface area contributed by atoms with Crippen molar-refractivity contribution in [2.45, 2.75) is 4.90 Å². The van der Waals surface area contributed by atoms with E-state index < -0.39 is 21.6 Å². The van der Waals surface area contributed by atoms with Crippen LogP contribution in [0.25, 0.3) is 10.1 Å². The Labute approximate surface area is 146 Å². The average Bonchev–Trinajstić information content (AvgIpc) is 2.83. The Kier molecular flexibility index (Phi) is 4.33. The summed E-state index contributed by atoms with van der Waals surface area (Å²) in [4.78, 5) is 12.8. The second-order valence-electron chi connectivity index (χ2n) is 5.14. The number of hydrogen-bond acceptors (Lipinski definition) is 4. The molecule has 0 bridgehead atoms. The second-order valence-corrected chi connectivity index (χ2v) is 8.58. The van der Waals surface area contributed by atoms with E-state index in [9.17, 15) is 17.6 Å². The van der Waals surface area contributed by atoms with E-state index in [4.69, 9.17) is 11.6 Å². The standard InChI is InChI=1S/C16H11ClFNO3S2/c1-24(21,22)11-5-3-10(4-6-11)19-16(20)15-14(17)12-7-2-9(18)8-13(12)23-15/h2-8H,1H3,(H,19,20). The summed E-state index contributed by atoms with van der Waals surface area (Å²) in [5, 5.41) is 3.53. The van der Waals surface area contributed by atoms with Gasteiger partial charge in [0.1, 0.15) is 10.7 Å². The summed E-state index contributed by atoms with van der Waals surface area (Å²) in [5.41, 5.74) is 0.437. The first-order valence-corrected chi connectivity index (χ1v) is 9.83. The molecule has 0 radical (unpaired) electrons. The number of amides is 1. The molecule has 124 valence electrons. The van der Waals surface area contributed by atoms with Gasteiger partial charge in [-0.15, -0.1) is 11.3 Å². The Morgan fingerprint density at radius 3 is 2.46 bits per heavy atom. The molecule has 0 unspecified atom stereocenters. The highest BCUT2D eigenvalue weighted by Crippen LogP contribution is 2.36. The molecule has 1 amide bonds. The highest BCUT2D eigenvalue weighted by atomic mass is 35.5.